The van der Waals surface area contributed by atoms with E-state index in [2.05, 4.69) is 44.2 Å². The van der Waals surface area contributed by atoms with Gasteiger partial charge in [0, 0.05) is 12.8 Å². The van der Waals surface area contributed by atoms with E-state index in [1.165, 1.54) is 109 Å². The average molecular weight is 931 g/mol. The van der Waals surface area contributed by atoms with Gasteiger partial charge in [0.05, 0.1) is 6.61 Å². The molecular formula is C50H91O13P. The molecule has 0 aromatic heterocycles. The van der Waals surface area contributed by atoms with Gasteiger partial charge in [0.2, 0.25) is 0 Å². The molecule has 0 amide bonds. The van der Waals surface area contributed by atoms with Crippen molar-refractivity contribution in [1.29, 1.82) is 0 Å². The molecule has 0 spiro atoms. The fourth-order valence-corrected chi connectivity index (χ4v) is 8.57. The lowest BCUT2D eigenvalue weighted by Gasteiger charge is -2.41. The highest BCUT2D eigenvalue weighted by atomic mass is 31.2. The van der Waals surface area contributed by atoms with E-state index in [4.69, 9.17) is 18.5 Å². The molecule has 1 saturated carbocycles. The van der Waals surface area contributed by atoms with Crippen LogP contribution >= 0.6 is 7.82 Å². The number of hydrogen-bond donors (Lipinski definition) is 6. The number of ether oxygens (including phenoxy) is 2. The van der Waals surface area contributed by atoms with Crippen LogP contribution in [0.2, 0.25) is 0 Å². The van der Waals surface area contributed by atoms with Crippen LogP contribution in [0.15, 0.2) is 36.5 Å². The third-order valence-corrected chi connectivity index (χ3v) is 12.7. The molecule has 1 fully saturated rings. The molecule has 64 heavy (non-hydrogen) atoms. The molecule has 8 atom stereocenters. The quantitative estimate of drug-likeness (QED) is 0.0146. The number of phosphoric acid groups is 1. The Bertz CT molecular complexity index is 1260. The summed E-state index contributed by atoms with van der Waals surface area (Å²) >= 11 is 0. The van der Waals surface area contributed by atoms with E-state index in [1.54, 1.807) is 0 Å². The molecule has 0 heterocycles. The lowest BCUT2D eigenvalue weighted by atomic mass is 9.85. The molecular weight excluding hydrogens is 840 g/mol. The summed E-state index contributed by atoms with van der Waals surface area (Å²) in [6, 6.07) is 0. The van der Waals surface area contributed by atoms with Crippen molar-refractivity contribution in [2.75, 3.05) is 13.2 Å². The number of allylic oxidation sites excluding steroid dienone is 6. The van der Waals surface area contributed by atoms with Gasteiger partial charge in [-0.25, -0.2) is 4.57 Å². The highest BCUT2D eigenvalue weighted by Gasteiger charge is 2.51. The highest BCUT2D eigenvalue weighted by molar-refractivity contribution is 7.47. The van der Waals surface area contributed by atoms with Gasteiger partial charge >= 0.3 is 19.8 Å². The smallest absolute Gasteiger partial charge is 0.462 e. The first-order chi connectivity index (χ1) is 30.9. The highest BCUT2D eigenvalue weighted by Crippen LogP contribution is 2.47. The van der Waals surface area contributed by atoms with E-state index in [0.29, 0.717) is 19.3 Å². The Labute approximate surface area is 387 Å². The normalized spacial score (nSPS) is 21.8. The lowest BCUT2D eigenvalue weighted by Crippen LogP contribution is -2.64. The molecule has 374 valence electrons. The van der Waals surface area contributed by atoms with Crippen LogP contribution in [0.1, 0.15) is 213 Å². The Morgan fingerprint density at radius 1 is 0.469 bits per heavy atom. The summed E-state index contributed by atoms with van der Waals surface area (Å²) < 4.78 is 33.5. The van der Waals surface area contributed by atoms with Gasteiger partial charge in [0.25, 0.3) is 0 Å². The van der Waals surface area contributed by atoms with Crippen molar-refractivity contribution < 1.29 is 63.1 Å². The standard InChI is InChI=1S/C50H91O13P/c1-3-5-7-9-11-13-15-17-18-19-20-21-22-23-24-25-26-27-29-31-33-35-37-39-44(52)62-42(40-60-43(51)38-36-34-32-30-28-16-14-12-10-8-6-4-2)41-61-64(58,59)63-50-48(56)46(54)45(53)47(55)49(50)57/h12,14,25-26,31,33,42,45-50,53-57H,3-11,13,15-24,27-30,32,34-41H2,1-2H3,(H,58,59)/b14-12+,26-25+,33-31+/t42-,45?,46+,47?,48?,49?,50?/m1/s1. The topological polar surface area (TPSA) is 210 Å². The number of carbonyl (C=O) groups is 2. The van der Waals surface area contributed by atoms with Crippen molar-refractivity contribution >= 4 is 19.8 Å². The Balaban J connectivity index is 2.40. The SMILES string of the molecule is CCCCC/C=C/CCCCCCCC(=O)OC[C@H](COP(=O)(O)OC1C(O)C(O)C(O)[C@H](O)C1O)OC(=O)CCC/C=C/CC/C=C/CCCCCCCCCCCCCCCC. The average Bonchev–Trinajstić information content (AvgIpc) is 3.28. The number of phosphoric ester groups is 1. The van der Waals surface area contributed by atoms with Crippen molar-refractivity contribution in [3.8, 4) is 0 Å². The van der Waals surface area contributed by atoms with E-state index in [0.717, 1.165) is 57.8 Å². The second-order valence-electron chi connectivity index (χ2n) is 17.7. The van der Waals surface area contributed by atoms with Crippen molar-refractivity contribution in [1.82, 2.24) is 0 Å². The maximum Gasteiger partial charge on any atom is 0.472 e. The first-order valence-corrected chi connectivity index (χ1v) is 26.8. The van der Waals surface area contributed by atoms with E-state index in [9.17, 15) is 44.6 Å². The molecule has 6 unspecified atom stereocenters. The van der Waals surface area contributed by atoms with Gasteiger partial charge in [-0.15, -0.1) is 0 Å². The van der Waals surface area contributed by atoms with Gasteiger partial charge in [-0.1, -0.05) is 166 Å². The van der Waals surface area contributed by atoms with Gasteiger partial charge in [0.15, 0.2) is 6.10 Å². The molecule has 13 nitrogen and oxygen atoms in total. The monoisotopic (exact) mass is 931 g/mol. The predicted octanol–water partition coefficient (Wildman–Crippen LogP) is 10.6. The van der Waals surface area contributed by atoms with Crippen LogP contribution < -0.4 is 0 Å². The summed E-state index contributed by atoms with van der Waals surface area (Å²) in [4.78, 5) is 35.7. The summed E-state index contributed by atoms with van der Waals surface area (Å²) in [5.74, 6) is -1.16. The Morgan fingerprint density at radius 3 is 1.31 bits per heavy atom. The van der Waals surface area contributed by atoms with Crippen LogP contribution in [0.25, 0.3) is 0 Å². The number of aliphatic hydroxyl groups excluding tert-OH is 5. The van der Waals surface area contributed by atoms with E-state index in [1.807, 2.05) is 6.08 Å². The first-order valence-electron chi connectivity index (χ1n) is 25.3. The Morgan fingerprint density at radius 2 is 0.828 bits per heavy atom. The number of unbranched alkanes of at least 4 members (excludes halogenated alkanes) is 24. The molecule has 0 saturated heterocycles. The van der Waals surface area contributed by atoms with Gasteiger partial charge in [-0.05, 0) is 70.6 Å². The first kappa shape index (κ1) is 60.1. The molecule has 1 rings (SSSR count). The number of esters is 2. The van der Waals surface area contributed by atoms with Crippen LogP contribution in [0.3, 0.4) is 0 Å². The molecule has 0 aromatic rings. The van der Waals surface area contributed by atoms with Crippen molar-refractivity contribution in [2.45, 2.75) is 256 Å². The van der Waals surface area contributed by atoms with Crippen LogP contribution in [0.5, 0.6) is 0 Å². The Kier molecular flexibility index (Phi) is 37.7. The van der Waals surface area contributed by atoms with Crippen LogP contribution in [-0.4, -0.2) is 98.3 Å². The molecule has 14 heteroatoms. The zero-order chi connectivity index (χ0) is 47.1. The summed E-state index contributed by atoms with van der Waals surface area (Å²) in [6.45, 7) is 3.25. The van der Waals surface area contributed by atoms with Gasteiger partial charge in [-0.2, -0.15) is 0 Å². The number of aliphatic hydroxyl groups is 5. The minimum Gasteiger partial charge on any atom is -0.462 e. The molecule has 0 aromatic carbocycles. The molecule has 1 aliphatic carbocycles. The maximum absolute atomic E-state index is 12.8. The summed E-state index contributed by atoms with van der Waals surface area (Å²) in [5, 5.41) is 50.2. The second kappa shape index (κ2) is 40.2. The number of carbonyl (C=O) groups excluding carboxylic acids is 2. The minimum absolute atomic E-state index is 0.0361. The van der Waals surface area contributed by atoms with E-state index < -0.39 is 75.7 Å². The number of hydrogen-bond acceptors (Lipinski definition) is 12. The fourth-order valence-electron chi connectivity index (χ4n) is 7.60. The van der Waals surface area contributed by atoms with Crippen molar-refractivity contribution in [2.24, 2.45) is 0 Å². The van der Waals surface area contributed by atoms with E-state index >= 15 is 0 Å². The largest absolute Gasteiger partial charge is 0.472 e. The predicted molar refractivity (Wildman–Crippen MR) is 253 cm³/mol. The molecule has 0 aliphatic heterocycles. The zero-order valence-corrected chi connectivity index (χ0v) is 40.7. The lowest BCUT2D eigenvalue weighted by molar-refractivity contribution is -0.220. The molecule has 1 aliphatic rings. The molecule has 0 radical (unpaired) electrons. The van der Waals surface area contributed by atoms with Crippen molar-refractivity contribution in [3.63, 3.8) is 0 Å². The van der Waals surface area contributed by atoms with Crippen molar-refractivity contribution in [3.05, 3.63) is 36.5 Å². The van der Waals surface area contributed by atoms with Crippen LogP contribution in [0, 0.1) is 0 Å². The maximum atomic E-state index is 12.8. The Hall–Kier alpha value is -1.93. The third-order valence-electron chi connectivity index (χ3n) is 11.7. The van der Waals surface area contributed by atoms with Gasteiger partial charge in [0.1, 0.15) is 43.2 Å². The summed E-state index contributed by atoms with van der Waals surface area (Å²) in [5.41, 5.74) is 0. The zero-order valence-electron chi connectivity index (χ0n) is 39.8. The number of rotatable bonds is 42. The molecule has 6 N–H and O–H groups in total. The summed E-state index contributed by atoms with van der Waals surface area (Å²) in [7, 11) is -5.13. The third kappa shape index (κ3) is 31.9. The van der Waals surface area contributed by atoms with Gasteiger partial charge in [-0.3, -0.25) is 18.6 Å². The second-order valence-corrected chi connectivity index (χ2v) is 19.1. The van der Waals surface area contributed by atoms with Crippen LogP contribution in [-0.2, 0) is 32.7 Å². The minimum atomic E-state index is -5.13. The van der Waals surface area contributed by atoms with E-state index in [-0.39, 0.29) is 12.8 Å². The van der Waals surface area contributed by atoms with Crippen LogP contribution in [0.4, 0.5) is 0 Å². The summed E-state index contributed by atoms with van der Waals surface area (Å²) in [6.07, 6.45) is 33.6. The fraction of sp³-hybridized carbons (Fsp3) is 0.840. The van der Waals surface area contributed by atoms with Gasteiger partial charge < -0.3 is 39.9 Å². The molecule has 0 bridgehead atoms.